The molecule has 4 rings (SSSR count). The minimum Gasteiger partial charge on any atom is -0.478 e. The molecule has 2 N–H and O–H groups in total. The van der Waals surface area contributed by atoms with Crippen LogP contribution < -0.4 is 5.56 Å². The summed E-state index contributed by atoms with van der Waals surface area (Å²) in [6.45, 7) is 1.04. The summed E-state index contributed by atoms with van der Waals surface area (Å²) >= 11 is 0. The Balaban J connectivity index is 1.65. The number of carboxylic acid groups (broad SMARTS) is 1. The van der Waals surface area contributed by atoms with Gasteiger partial charge < -0.3 is 19.7 Å². The quantitative estimate of drug-likeness (QED) is 0.529. The number of aromatic carboxylic acids is 1. The number of aliphatic hydroxyl groups is 1. The third kappa shape index (κ3) is 5.34. The van der Waals surface area contributed by atoms with E-state index in [0.717, 1.165) is 35.7 Å². The molecule has 2 aliphatic rings. The van der Waals surface area contributed by atoms with Crippen LogP contribution in [0.3, 0.4) is 0 Å². The van der Waals surface area contributed by atoms with E-state index in [1.165, 1.54) is 30.0 Å². The number of nitrogens with zero attached hydrogens (tertiary/aromatic N) is 2. The normalized spacial score (nSPS) is 22.0. The van der Waals surface area contributed by atoms with Crippen LogP contribution in [0, 0.1) is 17.2 Å². The van der Waals surface area contributed by atoms with Crippen molar-refractivity contribution in [1.82, 2.24) is 9.47 Å². The van der Waals surface area contributed by atoms with Crippen molar-refractivity contribution in [1.29, 1.82) is 0 Å². The molecule has 1 saturated carbocycles. The number of amides is 1. The highest BCUT2D eigenvalue weighted by Gasteiger charge is 2.56. The first-order valence-electron chi connectivity index (χ1n) is 12.6. The van der Waals surface area contributed by atoms with Gasteiger partial charge in [-0.1, -0.05) is 38.0 Å². The number of halogens is 4. The van der Waals surface area contributed by atoms with Gasteiger partial charge in [-0.25, -0.2) is 9.18 Å². The maximum absolute atomic E-state index is 14.4. The summed E-state index contributed by atoms with van der Waals surface area (Å²) in [7, 11) is 0. The average Bonchev–Trinajstić information content (AvgIpc) is 3.31. The second kappa shape index (κ2) is 10.2. The van der Waals surface area contributed by atoms with Gasteiger partial charge in [0, 0.05) is 47.8 Å². The van der Waals surface area contributed by atoms with Crippen LogP contribution in [0.5, 0.6) is 0 Å². The SMILES string of the molecule is CC(CC(F)(F)F)C(=O)N1CC[C@@](O)(Cn2cc(C(=O)O)c(-c3ccccc3F)cc2=O)C2(CCCC2)C1. The zero-order chi connectivity index (χ0) is 27.9. The van der Waals surface area contributed by atoms with E-state index in [-0.39, 0.29) is 42.7 Å². The molecule has 1 aliphatic heterocycles. The van der Waals surface area contributed by atoms with Gasteiger partial charge in [-0.2, -0.15) is 13.2 Å². The van der Waals surface area contributed by atoms with Crippen molar-refractivity contribution in [2.24, 2.45) is 11.3 Å². The molecule has 1 saturated heterocycles. The van der Waals surface area contributed by atoms with Gasteiger partial charge in [0.05, 0.1) is 24.1 Å². The highest BCUT2D eigenvalue weighted by atomic mass is 19.4. The Hall–Kier alpha value is -3.21. The number of rotatable bonds is 6. The first-order valence-corrected chi connectivity index (χ1v) is 12.6. The van der Waals surface area contributed by atoms with Crippen LogP contribution in [-0.4, -0.2) is 56.4 Å². The number of pyridine rings is 1. The molecule has 7 nitrogen and oxygen atoms in total. The van der Waals surface area contributed by atoms with Gasteiger partial charge in [0.2, 0.25) is 5.91 Å². The second-order valence-electron chi connectivity index (χ2n) is 10.6. The largest absolute Gasteiger partial charge is 0.478 e. The van der Waals surface area contributed by atoms with Crippen molar-refractivity contribution in [2.75, 3.05) is 13.1 Å². The molecule has 2 fully saturated rings. The van der Waals surface area contributed by atoms with Crippen molar-refractivity contribution >= 4 is 11.9 Å². The summed E-state index contributed by atoms with van der Waals surface area (Å²) in [5, 5.41) is 21.7. The van der Waals surface area contributed by atoms with E-state index < -0.39 is 52.8 Å². The lowest BCUT2D eigenvalue weighted by Gasteiger charge is -2.52. The van der Waals surface area contributed by atoms with Gasteiger partial charge in [0.1, 0.15) is 5.82 Å². The minimum atomic E-state index is -4.48. The van der Waals surface area contributed by atoms with Gasteiger partial charge in [-0.05, 0) is 25.3 Å². The number of hydrogen-bond donors (Lipinski definition) is 2. The summed E-state index contributed by atoms with van der Waals surface area (Å²) in [6.07, 6.45) is -2.11. The standard InChI is InChI=1S/C27H30F4N2O5/c1-17(13-27(29,30)31)23(35)32-11-10-26(38,25(15-32)8-4-5-9-25)16-33-14-20(24(36)37)19(12-22(33)34)18-6-2-3-7-21(18)28/h2-3,6-7,12,14,17,38H,4-5,8-11,13,15-16H2,1H3,(H,36,37)/t17?,26-/m1/s1. The zero-order valence-corrected chi connectivity index (χ0v) is 20.9. The Kier molecular flexibility index (Phi) is 7.44. The fourth-order valence-electron chi connectivity index (χ4n) is 6.08. The van der Waals surface area contributed by atoms with Crippen LogP contribution in [0.4, 0.5) is 17.6 Å². The second-order valence-corrected chi connectivity index (χ2v) is 10.6. The monoisotopic (exact) mass is 538 g/mol. The van der Waals surface area contributed by atoms with E-state index in [1.807, 2.05) is 0 Å². The molecule has 2 atom stereocenters. The molecule has 1 aromatic carbocycles. The van der Waals surface area contributed by atoms with Crippen molar-refractivity contribution in [3.63, 3.8) is 0 Å². The maximum Gasteiger partial charge on any atom is 0.389 e. The van der Waals surface area contributed by atoms with Crippen molar-refractivity contribution < 1.29 is 37.4 Å². The first kappa shape index (κ1) is 27.8. The summed E-state index contributed by atoms with van der Waals surface area (Å²) in [6, 6.07) is 6.52. The van der Waals surface area contributed by atoms with Crippen LogP contribution in [0.1, 0.15) is 55.8 Å². The number of aromatic nitrogens is 1. The lowest BCUT2D eigenvalue weighted by Crippen LogP contribution is -2.62. The lowest BCUT2D eigenvalue weighted by molar-refractivity contribution is -0.172. The van der Waals surface area contributed by atoms with Crippen molar-refractivity contribution in [3.05, 3.63) is 58.3 Å². The average molecular weight is 539 g/mol. The number of carbonyl (C=O) groups is 2. The number of carboxylic acids is 1. The van der Waals surface area contributed by atoms with Gasteiger partial charge in [-0.15, -0.1) is 0 Å². The van der Waals surface area contributed by atoms with E-state index in [9.17, 15) is 42.2 Å². The molecule has 38 heavy (non-hydrogen) atoms. The number of likely N-dealkylation sites (tertiary alicyclic amines) is 1. The fraction of sp³-hybridized carbons (Fsp3) is 0.519. The highest BCUT2D eigenvalue weighted by molar-refractivity contribution is 5.95. The third-order valence-corrected chi connectivity index (χ3v) is 8.06. The molecule has 1 unspecified atom stereocenters. The summed E-state index contributed by atoms with van der Waals surface area (Å²) < 4.78 is 54.1. The van der Waals surface area contributed by atoms with E-state index in [4.69, 9.17) is 0 Å². The molecule has 1 spiro atoms. The predicted octanol–water partition coefficient (Wildman–Crippen LogP) is 4.46. The molecule has 1 aliphatic carbocycles. The number of hydrogen-bond acceptors (Lipinski definition) is 4. The molecule has 1 amide bonds. The molecule has 1 aromatic heterocycles. The molecule has 2 heterocycles. The van der Waals surface area contributed by atoms with Crippen LogP contribution in [-0.2, 0) is 11.3 Å². The Bertz CT molecular complexity index is 1280. The molecule has 0 bridgehead atoms. The fourth-order valence-corrected chi connectivity index (χ4v) is 6.08. The number of alkyl halides is 3. The van der Waals surface area contributed by atoms with Gasteiger partial charge in [-0.3, -0.25) is 9.59 Å². The van der Waals surface area contributed by atoms with Crippen LogP contribution in [0.2, 0.25) is 0 Å². The predicted molar refractivity (Wildman–Crippen MR) is 130 cm³/mol. The van der Waals surface area contributed by atoms with Crippen LogP contribution in [0.15, 0.2) is 41.3 Å². The zero-order valence-electron chi connectivity index (χ0n) is 20.9. The van der Waals surface area contributed by atoms with E-state index in [1.54, 1.807) is 0 Å². The molecular formula is C27H30F4N2O5. The van der Waals surface area contributed by atoms with E-state index in [0.29, 0.717) is 12.8 Å². The Morgan fingerprint density at radius 2 is 1.76 bits per heavy atom. The topological polar surface area (TPSA) is 99.8 Å². The molecule has 206 valence electrons. The van der Waals surface area contributed by atoms with E-state index >= 15 is 0 Å². The Labute approximate surface area is 216 Å². The van der Waals surface area contributed by atoms with Gasteiger partial charge >= 0.3 is 12.1 Å². The highest BCUT2D eigenvalue weighted by Crippen LogP contribution is 2.52. The first-order chi connectivity index (χ1) is 17.8. The van der Waals surface area contributed by atoms with Gasteiger partial charge in [0.15, 0.2) is 0 Å². The number of benzene rings is 1. The number of piperidine rings is 1. The smallest absolute Gasteiger partial charge is 0.389 e. The van der Waals surface area contributed by atoms with E-state index in [2.05, 4.69) is 0 Å². The van der Waals surface area contributed by atoms with Crippen molar-refractivity contribution in [3.8, 4) is 11.1 Å². The maximum atomic E-state index is 14.4. The summed E-state index contributed by atoms with van der Waals surface area (Å²) in [4.78, 5) is 39.4. The molecule has 11 heteroatoms. The minimum absolute atomic E-state index is 0.00707. The third-order valence-electron chi connectivity index (χ3n) is 8.06. The summed E-state index contributed by atoms with van der Waals surface area (Å²) in [5.41, 5.74) is -3.43. The molecular weight excluding hydrogens is 508 g/mol. The molecule has 0 radical (unpaired) electrons. The number of carbonyl (C=O) groups excluding carboxylic acids is 1. The van der Waals surface area contributed by atoms with Crippen LogP contribution in [0.25, 0.3) is 11.1 Å². The van der Waals surface area contributed by atoms with Crippen molar-refractivity contribution in [2.45, 2.75) is 63.8 Å². The van der Waals surface area contributed by atoms with Crippen LogP contribution >= 0.6 is 0 Å². The Morgan fingerprint density at radius 3 is 2.37 bits per heavy atom. The van der Waals surface area contributed by atoms with Gasteiger partial charge in [0.25, 0.3) is 5.56 Å². The Morgan fingerprint density at radius 1 is 1.11 bits per heavy atom. The lowest BCUT2D eigenvalue weighted by atomic mass is 9.65. The molecule has 2 aromatic rings. The summed E-state index contributed by atoms with van der Waals surface area (Å²) in [5.74, 6) is -3.95.